The normalized spacial score (nSPS) is 25.9. The first-order valence-electron chi connectivity index (χ1n) is 22.7. The molecular weight excluding hydrogens is 865 g/mol. The molecule has 0 unspecified atom stereocenters. The van der Waals surface area contributed by atoms with E-state index in [-0.39, 0.29) is 39.6 Å². The fraction of sp³-hybridized carbons (Fsp3) is 0.304. The first-order chi connectivity index (χ1) is 32.8. The number of hydrogen-bond donors (Lipinski definition) is 0. The number of ether oxygens (including phenoxy) is 9. The molecule has 12 nitrogen and oxygen atoms in total. The van der Waals surface area contributed by atoms with Gasteiger partial charge in [0.05, 0.1) is 39.6 Å². The molecule has 12 heteroatoms. The lowest BCUT2D eigenvalue weighted by Gasteiger charge is -2.36. The van der Waals surface area contributed by atoms with Crippen LogP contribution >= 0.6 is 0 Å². The van der Waals surface area contributed by atoms with Crippen molar-refractivity contribution in [3.63, 3.8) is 0 Å². The smallest absolute Gasteiger partial charge is 0.321 e. The molecule has 0 N–H and O–H groups in total. The molecule has 0 spiro atoms. The zero-order valence-electron chi connectivity index (χ0n) is 38.5. The number of benzene rings is 6. The van der Waals surface area contributed by atoms with Crippen molar-refractivity contribution in [2.45, 2.75) is 52.0 Å². The maximum atomic E-state index is 13.6. The molecule has 0 saturated carbocycles. The van der Waals surface area contributed by atoms with Gasteiger partial charge in [0.25, 0.3) is 0 Å². The van der Waals surface area contributed by atoms with E-state index in [4.69, 9.17) is 42.6 Å². The van der Waals surface area contributed by atoms with Crippen molar-refractivity contribution in [3.05, 3.63) is 197 Å². The predicted molar refractivity (Wildman–Crippen MR) is 249 cm³/mol. The van der Waals surface area contributed by atoms with Gasteiger partial charge in [0.15, 0.2) is 18.9 Å². The van der Waals surface area contributed by atoms with Crippen molar-refractivity contribution >= 4 is 17.9 Å². The highest BCUT2D eigenvalue weighted by Crippen LogP contribution is 2.42. The zero-order valence-corrected chi connectivity index (χ0v) is 38.5. The highest BCUT2D eigenvalue weighted by atomic mass is 16.7. The Morgan fingerprint density at radius 1 is 0.382 bits per heavy atom. The Morgan fingerprint density at radius 3 is 0.824 bits per heavy atom. The van der Waals surface area contributed by atoms with Gasteiger partial charge in [0, 0.05) is 22.1 Å². The summed E-state index contributed by atoms with van der Waals surface area (Å²) in [4.78, 5) is 40.7. The summed E-state index contributed by atoms with van der Waals surface area (Å²) in [5.74, 6) is -0.339. The van der Waals surface area contributed by atoms with Crippen LogP contribution in [-0.2, 0) is 48.2 Å². The van der Waals surface area contributed by atoms with Crippen molar-refractivity contribution in [1.82, 2.24) is 0 Å². The minimum absolute atomic E-state index is 0.128. The lowest BCUT2D eigenvalue weighted by Crippen LogP contribution is -2.44. The third-order valence-corrected chi connectivity index (χ3v) is 12.9. The van der Waals surface area contributed by atoms with Crippen molar-refractivity contribution in [2.75, 3.05) is 39.6 Å². The Bertz CT molecular complexity index is 2350. The van der Waals surface area contributed by atoms with Crippen LogP contribution in [0.2, 0.25) is 0 Å². The second-order valence-corrected chi connectivity index (χ2v) is 18.6. The van der Waals surface area contributed by atoms with E-state index in [1.54, 1.807) is 57.2 Å². The molecule has 3 heterocycles. The van der Waals surface area contributed by atoms with Gasteiger partial charge in [-0.3, -0.25) is 14.4 Å². The molecule has 0 amide bonds. The summed E-state index contributed by atoms with van der Waals surface area (Å²) in [6.07, 6.45) is -1.69. The van der Waals surface area contributed by atoms with Gasteiger partial charge >= 0.3 is 17.9 Å². The van der Waals surface area contributed by atoms with Crippen molar-refractivity contribution in [1.29, 1.82) is 0 Å². The highest BCUT2D eigenvalue weighted by Gasteiger charge is 2.44. The predicted octanol–water partition coefficient (Wildman–Crippen LogP) is 10.0. The molecule has 68 heavy (non-hydrogen) atoms. The van der Waals surface area contributed by atoms with Gasteiger partial charge in [0.2, 0.25) is 0 Å². The number of hydrogen-bond acceptors (Lipinski definition) is 12. The Kier molecular flexibility index (Phi) is 13.4. The average Bonchev–Trinajstić information content (AvgIpc) is 3.38. The van der Waals surface area contributed by atoms with Crippen LogP contribution in [0.25, 0.3) is 0 Å². The summed E-state index contributed by atoms with van der Waals surface area (Å²) in [5.41, 5.74) is 1.34. The van der Waals surface area contributed by atoms with E-state index in [0.29, 0.717) is 17.2 Å². The number of rotatable bonds is 12. The van der Waals surface area contributed by atoms with Crippen molar-refractivity contribution in [2.24, 2.45) is 16.2 Å². The highest BCUT2D eigenvalue weighted by molar-refractivity contribution is 5.80. The van der Waals surface area contributed by atoms with Gasteiger partial charge in [-0.05, 0) is 80.8 Å². The van der Waals surface area contributed by atoms with E-state index in [2.05, 4.69) is 6.92 Å². The fourth-order valence-electron chi connectivity index (χ4n) is 8.35. The maximum absolute atomic E-state index is 13.6. The lowest BCUT2D eigenvalue weighted by molar-refractivity contribution is -0.233. The third kappa shape index (κ3) is 9.88. The van der Waals surface area contributed by atoms with E-state index in [0.717, 1.165) is 33.4 Å². The molecule has 0 radical (unpaired) electrons. The van der Waals surface area contributed by atoms with E-state index in [1.165, 1.54) is 0 Å². The fourth-order valence-corrected chi connectivity index (χ4v) is 8.35. The Labute approximate surface area is 396 Å². The van der Waals surface area contributed by atoms with Crippen LogP contribution in [0.15, 0.2) is 164 Å². The molecule has 6 aromatic carbocycles. The van der Waals surface area contributed by atoms with E-state index in [1.807, 2.05) is 127 Å². The quantitative estimate of drug-likeness (QED) is 0.0657. The van der Waals surface area contributed by atoms with Crippen LogP contribution in [0.3, 0.4) is 0 Å². The zero-order chi connectivity index (χ0) is 47.4. The number of esters is 3. The van der Waals surface area contributed by atoms with Gasteiger partial charge in [-0.1, -0.05) is 127 Å². The summed E-state index contributed by atoms with van der Waals surface area (Å²) in [5, 5.41) is 0. The first kappa shape index (κ1) is 46.6. The van der Waals surface area contributed by atoms with E-state index in [9.17, 15) is 14.4 Å². The average molecular weight is 919 g/mol. The molecule has 3 fully saturated rings. The van der Waals surface area contributed by atoms with Crippen molar-refractivity contribution < 1.29 is 57.0 Å². The standard InChI is InChI=1S/C56H54O12/c1-53(32-60-47(61-33-53)38-14-8-5-9-15-38)50(57)66-44-26-20-41(21-27-44)56(4,42-22-28-45(29-23-42)67-51(58)54(2)34-62-48(63-35-54)39-16-10-6-11-17-39)43-24-30-46(31-25-43)68-52(59)55(3)36-64-49(65-37-55)40-18-12-7-13-19-40/h5-31,47-49H,32-37H2,1-4H3. The molecule has 350 valence electrons. The molecule has 6 aromatic rings. The summed E-state index contributed by atoms with van der Waals surface area (Å²) in [7, 11) is 0. The molecular formula is C56H54O12. The first-order valence-corrected chi connectivity index (χ1v) is 22.7. The Hall–Kier alpha value is -6.51. The summed E-state index contributed by atoms with van der Waals surface area (Å²) in [6, 6.07) is 50.7. The molecule has 0 atom stereocenters. The summed E-state index contributed by atoms with van der Waals surface area (Å²) < 4.78 is 53.6. The van der Waals surface area contributed by atoms with Gasteiger partial charge in [-0.2, -0.15) is 0 Å². The number of carbonyl (C=O) groups is 3. The van der Waals surface area contributed by atoms with E-state index >= 15 is 0 Å². The minimum atomic E-state index is -1.02. The van der Waals surface area contributed by atoms with Gasteiger partial charge in [-0.15, -0.1) is 0 Å². The van der Waals surface area contributed by atoms with Crippen LogP contribution in [0.1, 0.15) is 79.9 Å². The van der Waals surface area contributed by atoms with Gasteiger partial charge in [0.1, 0.15) is 33.5 Å². The van der Waals surface area contributed by atoms with Crippen LogP contribution < -0.4 is 14.2 Å². The Morgan fingerprint density at radius 2 is 0.603 bits per heavy atom. The van der Waals surface area contributed by atoms with Crippen LogP contribution in [0.4, 0.5) is 0 Å². The van der Waals surface area contributed by atoms with Crippen molar-refractivity contribution in [3.8, 4) is 17.2 Å². The van der Waals surface area contributed by atoms with Crippen LogP contribution in [0.5, 0.6) is 17.2 Å². The second kappa shape index (κ2) is 19.6. The summed E-state index contributed by atoms with van der Waals surface area (Å²) >= 11 is 0. The van der Waals surface area contributed by atoms with Gasteiger partial charge in [-0.25, -0.2) is 0 Å². The monoisotopic (exact) mass is 918 g/mol. The maximum Gasteiger partial charge on any atom is 0.321 e. The Balaban J connectivity index is 0.912. The second-order valence-electron chi connectivity index (χ2n) is 18.6. The van der Waals surface area contributed by atoms with Crippen LogP contribution in [0, 0.1) is 16.2 Å². The molecule has 0 aliphatic carbocycles. The molecule has 3 saturated heterocycles. The van der Waals surface area contributed by atoms with Gasteiger partial charge < -0.3 is 42.6 Å². The lowest BCUT2D eigenvalue weighted by atomic mass is 9.71. The number of carbonyl (C=O) groups excluding carboxylic acids is 3. The third-order valence-electron chi connectivity index (χ3n) is 12.9. The van der Waals surface area contributed by atoms with E-state index < -0.39 is 58.4 Å². The molecule has 3 aliphatic heterocycles. The summed E-state index contributed by atoms with van der Waals surface area (Å²) in [6.45, 7) is 8.13. The minimum Gasteiger partial charge on any atom is -0.426 e. The molecule has 0 aromatic heterocycles. The van der Waals surface area contributed by atoms with Crippen LogP contribution in [-0.4, -0.2) is 57.5 Å². The molecule has 0 bridgehead atoms. The largest absolute Gasteiger partial charge is 0.426 e. The topological polar surface area (TPSA) is 134 Å². The SMILES string of the molecule is CC1(C(=O)Oc2ccc(C(C)(c3ccc(OC(=O)C4(C)COC(c5ccccc5)OC4)cc3)c3ccc(OC(=O)C4(C)COC(c5ccccc5)OC4)cc3)cc2)COC(c2ccccc2)OC1. The molecule has 3 aliphatic rings. The molecule has 9 rings (SSSR count).